The van der Waals surface area contributed by atoms with Gasteiger partial charge in [-0.3, -0.25) is 4.79 Å². The van der Waals surface area contributed by atoms with E-state index in [1.807, 2.05) is 14.0 Å². The number of aldehydes is 1. The third kappa shape index (κ3) is 3.64. The highest BCUT2D eigenvalue weighted by Crippen LogP contribution is 2.42. The monoisotopic (exact) mass is 440 g/mol. The second-order valence-electron chi connectivity index (χ2n) is 8.30. The van der Waals surface area contributed by atoms with Gasteiger partial charge in [0.1, 0.15) is 18.0 Å². The maximum atomic E-state index is 14.2. The van der Waals surface area contributed by atoms with E-state index in [-0.39, 0.29) is 18.2 Å². The van der Waals surface area contributed by atoms with Gasteiger partial charge >= 0.3 is 0 Å². The van der Waals surface area contributed by atoms with E-state index in [1.54, 1.807) is 10.7 Å². The zero-order chi connectivity index (χ0) is 22.2. The number of ether oxygens (including phenoxy) is 2. The van der Waals surface area contributed by atoms with Gasteiger partial charge in [-0.05, 0) is 39.3 Å². The minimum atomic E-state index is -0.424. The van der Waals surface area contributed by atoms with Crippen LogP contribution in [0.3, 0.4) is 0 Å². The van der Waals surface area contributed by atoms with Gasteiger partial charge in [-0.1, -0.05) is 0 Å². The van der Waals surface area contributed by atoms with E-state index in [0.29, 0.717) is 47.3 Å². The van der Waals surface area contributed by atoms with Gasteiger partial charge in [-0.2, -0.15) is 5.10 Å². The number of halogens is 1. The van der Waals surface area contributed by atoms with Gasteiger partial charge in [0, 0.05) is 12.1 Å². The second-order valence-corrected chi connectivity index (χ2v) is 8.30. The fourth-order valence-corrected chi connectivity index (χ4v) is 4.58. The molecule has 0 bridgehead atoms. The van der Waals surface area contributed by atoms with Crippen molar-refractivity contribution in [2.45, 2.75) is 51.0 Å². The van der Waals surface area contributed by atoms with Crippen LogP contribution in [0.5, 0.6) is 11.6 Å². The highest BCUT2D eigenvalue weighted by atomic mass is 19.1. The standard InChI is InChI=1S/C22H25FN6O3/c1-13(7-24-2)31-22-14(6-16(23)9-25-22)10-28-17-4-3-5-18(17)32-19-11-29-20(27-21(19)28)15(12-30)8-26-29/h6,8-9,11-13,17-18,24H,3-5,7,10H2,1-2H3. The summed E-state index contributed by atoms with van der Waals surface area (Å²) >= 11 is 0. The molecule has 0 aromatic carbocycles. The Kier molecular flexibility index (Phi) is 5.38. The number of anilines is 1. The van der Waals surface area contributed by atoms with Gasteiger partial charge in [0.15, 0.2) is 23.5 Å². The lowest BCUT2D eigenvalue weighted by atomic mass is 10.1. The molecule has 0 spiro atoms. The molecule has 1 aliphatic carbocycles. The molecule has 0 radical (unpaired) electrons. The first kappa shape index (κ1) is 20.6. The number of aromatic nitrogens is 4. The molecule has 32 heavy (non-hydrogen) atoms. The number of carbonyl (C=O) groups excluding carboxylic acids is 1. The Morgan fingerprint density at radius 3 is 3.09 bits per heavy atom. The van der Waals surface area contributed by atoms with Gasteiger partial charge in [-0.15, -0.1) is 0 Å². The summed E-state index contributed by atoms with van der Waals surface area (Å²) in [5, 5.41) is 7.27. The predicted molar refractivity (Wildman–Crippen MR) is 115 cm³/mol. The number of rotatable bonds is 7. The van der Waals surface area contributed by atoms with Crippen molar-refractivity contribution in [3.8, 4) is 11.6 Å². The third-order valence-corrected chi connectivity index (χ3v) is 6.00. The van der Waals surface area contributed by atoms with Crippen LogP contribution in [-0.4, -0.2) is 57.7 Å². The van der Waals surface area contributed by atoms with Crippen molar-refractivity contribution in [1.29, 1.82) is 0 Å². The number of likely N-dealkylation sites (N-methyl/N-ethyl adjacent to an activating group) is 1. The van der Waals surface area contributed by atoms with E-state index in [0.717, 1.165) is 25.5 Å². The number of fused-ring (bicyclic) bond motifs is 3. The zero-order valence-electron chi connectivity index (χ0n) is 18.0. The smallest absolute Gasteiger partial charge is 0.218 e. The quantitative estimate of drug-likeness (QED) is 0.560. The number of pyridine rings is 1. The van der Waals surface area contributed by atoms with Crippen LogP contribution in [0, 0.1) is 5.82 Å². The van der Waals surface area contributed by atoms with Gasteiger partial charge in [-0.25, -0.2) is 18.9 Å². The van der Waals surface area contributed by atoms with Crippen molar-refractivity contribution in [3.05, 3.63) is 41.6 Å². The van der Waals surface area contributed by atoms with Crippen LogP contribution in [-0.2, 0) is 6.54 Å². The summed E-state index contributed by atoms with van der Waals surface area (Å²) in [5.41, 5.74) is 1.50. The Labute approximate surface area is 184 Å². The highest BCUT2D eigenvalue weighted by molar-refractivity contribution is 5.84. The highest BCUT2D eigenvalue weighted by Gasteiger charge is 2.41. The topological polar surface area (TPSA) is 93.9 Å². The van der Waals surface area contributed by atoms with Crippen molar-refractivity contribution in [2.24, 2.45) is 0 Å². The van der Waals surface area contributed by atoms with Crippen LogP contribution >= 0.6 is 0 Å². The number of carbonyl (C=O) groups is 1. The van der Waals surface area contributed by atoms with Gasteiger partial charge in [0.05, 0.1) is 36.7 Å². The largest absolute Gasteiger partial charge is 0.483 e. The Morgan fingerprint density at radius 1 is 1.41 bits per heavy atom. The third-order valence-electron chi connectivity index (χ3n) is 6.00. The number of nitrogens with one attached hydrogen (secondary N) is 1. The van der Waals surface area contributed by atoms with Gasteiger partial charge in [0.2, 0.25) is 5.88 Å². The average Bonchev–Trinajstić information content (AvgIpc) is 3.40. The molecule has 5 rings (SSSR count). The Balaban J connectivity index is 1.56. The second kappa shape index (κ2) is 8.34. The molecule has 1 N–H and O–H groups in total. The van der Waals surface area contributed by atoms with Crippen LogP contribution in [0.1, 0.15) is 42.1 Å². The molecular formula is C22H25FN6O3. The number of hydrogen-bond donors (Lipinski definition) is 1. The summed E-state index contributed by atoms with van der Waals surface area (Å²) in [6.07, 6.45) is 7.92. The fraction of sp³-hybridized carbons (Fsp3) is 0.455. The van der Waals surface area contributed by atoms with E-state index in [1.165, 1.54) is 18.5 Å². The van der Waals surface area contributed by atoms with E-state index < -0.39 is 5.82 Å². The maximum Gasteiger partial charge on any atom is 0.218 e. The van der Waals surface area contributed by atoms with E-state index in [2.05, 4.69) is 20.3 Å². The molecule has 1 fully saturated rings. The van der Waals surface area contributed by atoms with E-state index in [9.17, 15) is 9.18 Å². The fourth-order valence-electron chi connectivity index (χ4n) is 4.58. The Morgan fingerprint density at radius 2 is 2.28 bits per heavy atom. The zero-order valence-corrected chi connectivity index (χ0v) is 18.0. The lowest BCUT2D eigenvalue weighted by Gasteiger charge is -2.39. The van der Waals surface area contributed by atoms with Crippen LogP contribution in [0.25, 0.3) is 5.65 Å². The van der Waals surface area contributed by atoms with Gasteiger partial charge in [0.25, 0.3) is 0 Å². The summed E-state index contributed by atoms with van der Waals surface area (Å²) in [6, 6.07) is 1.55. The molecule has 0 amide bonds. The van der Waals surface area contributed by atoms with E-state index in [4.69, 9.17) is 14.5 Å². The molecule has 2 aliphatic rings. The summed E-state index contributed by atoms with van der Waals surface area (Å²) in [6.45, 7) is 2.93. The number of hydrogen-bond acceptors (Lipinski definition) is 8. The minimum Gasteiger partial charge on any atom is -0.483 e. The van der Waals surface area contributed by atoms with Crippen molar-refractivity contribution < 1.29 is 18.7 Å². The average molecular weight is 440 g/mol. The Hall–Kier alpha value is -3.27. The summed E-state index contributed by atoms with van der Waals surface area (Å²) < 4.78 is 28.0. The van der Waals surface area contributed by atoms with Crippen molar-refractivity contribution in [1.82, 2.24) is 24.9 Å². The molecule has 3 aromatic heterocycles. The molecule has 1 saturated carbocycles. The molecule has 0 saturated heterocycles. The maximum absolute atomic E-state index is 14.2. The molecule has 3 unspecified atom stereocenters. The normalized spacial score (nSPS) is 20.5. The molecule has 3 atom stereocenters. The molecule has 168 valence electrons. The first-order valence-electron chi connectivity index (χ1n) is 10.8. The van der Waals surface area contributed by atoms with Crippen molar-refractivity contribution in [3.63, 3.8) is 0 Å². The van der Waals surface area contributed by atoms with Crippen LogP contribution in [0.2, 0.25) is 0 Å². The first-order valence-corrected chi connectivity index (χ1v) is 10.8. The molecule has 4 heterocycles. The van der Waals surface area contributed by atoms with E-state index >= 15 is 0 Å². The number of nitrogens with zero attached hydrogens (tertiary/aromatic N) is 5. The molecular weight excluding hydrogens is 415 g/mol. The van der Waals surface area contributed by atoms with Crippen LogP contribution < -0.4 is 19.7 Å². The molecule has 10 heteroatoms. The molecule has 9 nitrogen and oxygen atoms in total. The summed E-state index contributed by atoms with van der Waals surface area (Å²) in [4.78, 5) is 22.5. The van der Waals surface area contributed by atoms with Crippen LogP contribution in [0.15, 0.2) is 24.7 Å². The Bertz CT molecular complexity index is 1150. The lowest BCUT2D eigenvalue weighted by molar-refractivity contribution is 0.112. The van der Waals surface area contributed by atoms with Crippen molar-refractivity contribution >= 4 is 17.8 Å². The SMILES string of the molecule is CNCC(C)Oc1ncc(F)cc1CN1c2nc3c(C=O)cnn3cc2OC2CCCC21. The molecule has 3 aromatic rings. The van der Waals surface area contributed by atoms with Crippen LogP contribution in [0.4, 0.5) is 10.2 Å². The summed E-state index contributed by atoms with van der Waals surface area (Å²) in [7, 11) is 1.85. The van der Waals surface area contributed by atoms with Crippen molar-refractivity contribution in [2.75, 3.05) is 18.5 Å². The lowest BCUT2D eigenvalue weighted by Crippen LogP contribution is -2.47. The molecule has 1 aliphatic heterocycles. The summed E-state index contributed by atoms with van der Waals surface area (Å²) in [5.74, 6) is 1.18. The minimum absolute atomic E-state index is 0.0111. The van der Waals surface area contributed by atoms with Gasteiger partial charge < -0.3 is 19.7 Å². The first-order chi connectivity index (χ1) is 15.6. The predicted octanol–water partition coefficient (Wildman–Crippen LogP) is 2.38.